The second-order valence-electron chi connectivity index (χ2n) is 4.76. The van der Waals surface area contributed by atoms with E-state index in [2.05, 4.69) is 0 Å². The fraction of sp³-hybridized carbons (Fsp3) is 0.125. The number of benzene rings is 2. The lowest BCUT2D eigenvalue weighted by Crippen LogP contribution is -2.19. The first-order chi connectivity index (χ1) is 9.95. The van der Waals surface area contributed by atoms with Crippen molar-refractivity contribution in [2.45, 2.75) is 17.4 Å². The molecule has 0 aliphatic rings. The quantitative estimate of drug-likeness (QED) is 0.832. The molecular weight excluding hydrogens is 286 g/mol. The van der Waals surface area contributed by atoms with Crippen molar-refractivity contribution in [3.05, 3.63) is 71.8 Å². The van der Waals surface area contributed by atoms with Gasteiger partial charge in [-0.2, -0.15) is 8.42 Å². The standard InChI is InChI=1S/C16H17NO3S/c17-15(12-14-4-2-1-3-5-14)9-6-13-7-10-16(11-8-13)21(18,19)20/h1-11,15H,12,17H2,(H,18,19,20)/t15-/m1/s1. The van der Waals surface area contributed by atoms with Crippen molar-refractivity contribution in [1.29, 1.82) is 0 Å². The van der Waals surface area contributed by atoms with Crippen molar-refractivity contribution >= 4 is 16.2 Å². The van der Waals surface area contributed by atoms with Crippen LogP contribution in [0.1, 0.15) is 11.1 Å². The summed E-state index contributed by atoms with van der Waals surface area (Å²) in [6, 6.07) is 15.8. The summed E-state index contributed by atoms with van der Waals surface area (Å²) < 4.78 is 30.8. The summed E-state index contributed by atoms with van der Waals surface area (Å²) in [5, 5.41) is 0. The van der Waals surface area contributed by atoms with Crippen LogP contribution >= 0.6 is 0 Å². The SMILES string of the molecule is N[C@H](C=Cc1ccc(S(=O)(=O)O)cc1)Cc1ccccc1. The summed E-state index contributed by atoms with van der Waals surface area (Å²) in [6.45, 7) is 0. The maximum Gasteiger partial charge on any atom is 0.294 e. The van der Waals surface area contributed by atoms with Gasteiger partial charge in [0.2, 0.25) is 0 Å². The largest absolute Gasteiger partial charge is 0.324 e. The molecule has 0 aliphatic heterocycles. The van der Waals surface area contributed by atoms with Crippen molar-refractivity contribution in [1.82, 2.24) is 0 Å². The molecule has 0 aliphatic carbocycles. The van der Waals surface area contributed by atoms with Crippen LogP contribution in [0.5, 0.6) is 0 Å². The molecule has 0 unspecified atom stereocenters. The molecule has 0 saturated heterocycles. The van der Waals surface area contributed by atoms with Gasteiger partial charge in [0.25, 0.3) is 10.1 Å². The summed E-state index contributed by atoms with van der Waals surface area (Å²) >= 11 is 0. The summed E-state index contributed by atoms with van der Waals surface area (Å²) in [6.07, 6.45) is 4.44. The molecule has 0 spiro atoms. The molecule has 0 aromatic heterocycles. The zero-order chi connectivity index (χ0) is 15.3. The summed E-state index contributed by atoms with van der Waals surface area (Å²) in [7, 11) is -4.14. The summed E-state index contributed by atoms with van der Waals surface area (Å²) in [5.41, 5.74) is 8.02. The molecule has 2 aromatic carbocycles. The van der Waals surface area contributed by atoms with Crippen molar-refractivity contribution in [2.24, 2.45) is 5.73 Å². The van der Waals surface area contributed by atoms with Gasteiger partial charge in [-0.3, -0.25) is 4.55 Å². The monoisotopic (exact) mass is 303 g/mol. The number of hydrogen-bond donors (Lipinski definition) is 2. The highest BCUT2D eigenvalue weighted by Crippen LogP contribution is 2.12. The average Bonchev–Trinajstić information content (AvgIpc) is 2.46. The Balaban J connectivity index is 2.01. The first kappa shape index (κ1) is 15.4. The second-order valence-corrected chi connectivity index (χ2v) is 6.18. The van der Waals surface area contributed by atoms with Crippen LogP contribution in [0.25, 0.3) is 6.08 Å². The van der Waals surface area contributed by atoms with Crippen molar-refractivity contribution < 1.29 is 13.0 Å². The highest BCUT2D eigenvalue weighted by Gasteiger charge is 2.07. The average molecular weight is 303 g/mol. The van der Waals surface area contributed by atoms with Crippen molar-refractivity contribution in [3.8, 4) is 0 Å². The van der Waals surface area contributed by atoms with E-state index in [1.807, 2.05) is 42.5 Å². The Hall–Kier alpha value is -1.95. The fourth-order valence-electron chi connectivity index (χ4n) is 1.94. The van der Waals surface area contributed by atoms with Gasteiger partial charge in [0.15, 0.2) is 0 Å². The van der Waals surface area contributed by atoms with E-state index in [4.69, 9.17) is 10.3 Å². The van der Waals surface area contributed by atoms with E-state index in [0.717, 1.165) is 17.5 Å². The highest BCUT2D eigenvalue weighted by molar-refractivity contribution is 7.85. The van der Waals surface area contributed by atoms with Crippen LogP contribution in [0.3, 0.4) is 0 Å². The first-order valence-electron chi connectivity index (χ1n) is 6.50. The minimum Gasteiger partial charge on any atom is -0.324 e. The second kappa shape index (κ2) is 6.67. The lowest BCUT2D eigenvalue weighted by atomic mass is 10.1. The zero-order valence-electron chi connectivity index (χ0n) is 11.4. The third-order valence-electron chi connectivity index (χ3n) is 3.03. The molecule has 0 amide bonds. The van der Waals surface area contributed by atoms with Gasteiger partial charge in [-0.25, -0.2) is 0 Å². The Labute approximate surface area is 124 Å². The molecule has 2 rings (SSSR count). The predicted octanol–water partition coefficient (Wildman–Crippen LogP) is 2.52. The molecule has 0 saturated carbocycles. The molecule has 4 nitrogen and oxygen atoms in total. The molecule has 21 heavy (non-hydrogen) atoms. The minimum atomic E-state index is -4.14. The van der Waals surface area contributed by atoms with E-state index >= 15 is 0 Å². The van der Waals surface area contributed by atoms with E-state index < -0.39 is 10.1 Å². The van der Waals surface area contributed by atoms with Gasteiger partial charge >= 0.3 is 0 Å². The Morgan fingerprint density at radius 3 is 2.24 bits per heavy atom. The van der Waals surface area contributed by atoms with Gasteiger partial charge in [-0.1, -0.05) is 54.6 Å². The van der Waals surface area contributed by atoms with Crippen molar-refractivity contribution in [2.75, 3.05) is 0 Å². The van der Waals surface area contributed by atoms with Crippen LogP contribution in [0.15, 0.2) is 65.6 Å². The molecule has 1 atom stereocenters. The summed E-state index contributed by atoms with van der Waals surface area (Å²) in [5.74, 6) is 0. The Bertz CT molecular complexity index is 707. The minimum absolute atomic E-state index is 0.117. The molecule has 0 radical (unpaired) electrons. The Morgan fingerprint density at radius 1 is 1.05 bits per heavy atom. The predicted molar refractivity (Wildman–Crippen MR) is 83.4 cm³/mol. The van der Waals surface area contributed by atoms with E-state index in [1.165, 1.54) is 12.1 Å². The number of hydrogen-bond acceptors (Lipinski definition) is 3. The van der Waals surface area contributed by atoms with Crippen LogP contribution < -0.4 is 5.73 Å². The lowest BCUT2D eigenvalue weighted by Gasteiger charge is -2.06. The van der Waals surface area contributed by atoms with Crippen molar-refractivity contribution in [3.63, 3.8) is 0 Å². The topological polar surface area (TPSA) is 80.4 Å². The highest BCUT2D eigenvalue weighted by atomic mass is 32.2. The van der Waals surface area contributed by atoms with Crippen LogP contribution in [-0.2, 0) is 16.5 Å². The van der Waals surface area contributed by atoms with Gasteiger partial charge in [0.05, 0.1) is 4.90 Å². The number of rotatable bonds is 5. The molecule has 2 aromatic rings. The van der Waals surface area contributed by atoms with Crippen LogP contribution in [0, 0.1) is 0 Å². The van der Waals surface area contributed by atoms with Crippen LogP contribution in [-0.4, -0.2) is 19.0 Å². The van der Waals surface area contributed by atoms with Gasteiger partial charge in [-0.05, 0) is 29.7 Å². The van der Waals surface area contributed by atoms with E-state index in [0.29, 0.717) is 0 Å². The zero-order valence-corrected chi connectivity index (χ0v) is 12.2. The smallest absolute Gasteiger partial charge is 0.294 e. The van der Waals surface area contributed by atoms with E-state index in [-0.39, 0.29) is 10.9 Å². The third-order valence-corrected chi connectivity index (χ3v) is 3.90. The van der Waals surface area contributed by atoms with Crippen LogP contribution in [0.2, 0.25) is 0 Å². The maximum absolute atomic E-state index is 10.9. The Kier molecular flexibility index (Phi) is 4.90. The van der Waals surface area contributed by atoms with Gasteiger partial charge in [0.1, 0.15) is 0 Å². The van der Waals surface area contributed by atoms with Gasteiger partial charge < -0.3 is 5.73 Å². The normalized spacial score (nSPS) is 13.4. The third kappa shape index (κ3) is 4.82. The Morgan fingerprint density at radius 2 is 1.67 bits per heavy atom. The maximum atomic E-state index is 10.9. The molecular formula is C16H17NO3S. The van der Waals surface area contributed by atoms with Gasteiger partial charge in [-0.15, -0.1) is 0 Å². The molecule has 5 heteroatoms. The molecule has 0 heterocycles. The molecule has 0 bridgehead atoms. The van der Waals surface area contributed by atoms with Crippen LogP contribution in [0.4, 0.5) is 0 Å². The lowest BCUT2D eigenvalue weighted by molar-refractivity contribution is 0.483. The first-order valence-corrected chi connectivity index (χ1v) is 7.94. The molecule has 3 N–H and O–H groups in total. The van der Waals surface area contributed by atoms with Gasteiger partial charge in [0, 0.05) is 6.04 Å². The van der Waals surface area contributed by atoms with E-state index in [9.17, 15) is 8.42 Å². The molecule has 0 fully saturated rings. The number of nitrogens with two attached hydrogens (primary N) is 1. The van der Waals surface area contributed by atoms with E-state index in [1.54, 1.807) is 12.1 Å². The summed E-state index contributed by atoms with van der Waals surface area (Å²) in [4.78, 5) is -0.117. The molecule has 110 valence electrons. The fourth-order valence-corrected chi connectivity index (χ4v) is 2.42.